The third-order valence-electron chi connectivity index (χ3n) is 3.16. The molecule has 0 bridgehead atoms. The zero-order chi connectivity index (χ0) is 16.2. The molecule has 0 spiro atoms. The fourth-order valence-electron chi connectivity index (χ4n) is 2.13. The molecule has 0 saturated carbocycles. The average molecular weight is 313 g/mol. The molecule has 2 aromatic rings. The molecule has 1 amide bonds. The van der Waals surface area contributed by atoms with Crippen LogP contribution < -0.4 is 19.5 Å². The van der Waals surface area contributed by atoms with Crippen molar-refractivity contribution in [3.63, 3.8) is 0 Å². The number of carbonyl (C=O) groups is 2. The molecule has 0 unspecified atom stereocenters. The number of ether oxygens (including phenoxy) is 3. The van der Waals surface area contributed by atoms with E-state index in [4.69, 9.17) is 14.2 Å². The first-order valence-corrected chi connectivity index (χ1v) is 7.09. The maximum Gasteiger partial charge on any atom is 0.356 e. The summed E-state index contributed by atoms with van der Waals surface area (Å²) >= 11 is 0. The number of carbonyl (C=O) groups excluding carboxylic acids is 2. The number of nitrogens with one attached hydrogen (secondary N) is 1. The van der Waals surface area contributed by atoms with Gasteiger partial charge in [-0.25, -0.2) is 4.79 Å². The van der Waals surface area contributed by atoms with E-state index in [1.165, 1.54) is 6.92 Å². The average Bonchev–Trinajstić information content (AvgIpc) is 2.55. The van der Waals surface area contributed by atoms with Gasteiger partial charge in [0.2, 0.25) is 12.0 Å². The molecule has 0 saturated heterocycles. The van der Waals surface area contributed by atoms with Gasteiger partial charge in [0.1, 0.15) is 12.4 Å². The van der Waals surface area contributed by atoms with E-state index in [0.29, 0.717) is 22.9 Å². The number of hydrogen-bond acceptors (Lipinski definition) is 5. The third kappa shape index (κ3) is 3.60. The minimum Gasteiger partial charge on any atom is -0.485 e. The molecule has 118 valence electrons. The first-order chi connectivity index (χ1) is 11.1. The lowest BCUT2D eigenvalue weighted by Gasteiger charge is -2.24. The van der Waals surface area contributed by atoms with E-state index >= 15 is 0 Å². The van der Waals surface area contributed by atoms with Crippen LogP contribution >= 0.6 is 0 Å². The number of para-hydroxylation sites is 2. The molecule has 1 atom stereocenters. The first kappa shape index (κ1) is 14.9. The lowest BCUT2D eigenvalue weighted by Crippen LogP contribution is -2.39. The molecule has 0 aliphatic carbocycles. The summed E-state index contributed by atoms with van der Waals surface area (Å²) in [6.45, 7) is 1.52. The first-order valence-electron chi connectivity index (χ1n) is 7.09. The Balaban J connectivity index is 1.62. The van der Waals surface area contributed by atoms with Crippen molar-refractivity contribution in [2.24, 2.45) is 0 Å². The van der Waals surface area contributed by atoms with E-state index in [1.807, 2.05) is 6.07 Å². The van der Waals surface area contributed by atoms with Gasteiger partial charge in [-0.05, 0) is 36.4 Å². The number of amides is 1. The van der Waals surface area contributed by atoms with E-state index in [-0.39, 0.29) is 12.5 Å². The van der Waals surface area contributed by atoms with Crippen molar-refractivity contribution in [1.29, 1.82) is 0 Å². The lowest BCUT2D eigenvalue weighted by atomic mass is 10.2. The van der Waals surface area contributed by atoms with Crippen LogP contribution in [0.3, 0.4) is 0 Å². The highest BCUT2D eigenvalue weighted by Gasteiger charge is 2.29. The Bertz CT molecular complexity index is 726. The molecular formula is C17H15NO5. The topological polar surface area (TPSA) is 73.9 Å². The van der Waals surface area contributed by atoms with E-state index in [2.05, 4.69) is 5.32 Å². The van der Waals surface area contributed by atoms with Gasteiger partial charge < -0.3 is 19.5 Å². The second-order valence-electron chi connectivity index (χ2n) is 4.99. The molecule has 6 heteroatoms. The number of rotatable bonds is 3. The van der Waals surface area contributed by atoms with Gasteiger partial charge >= 0.3 is 5.97 Å². The number of hydrogen-bond donors (Lipinski definition) is 1. The summed E-state index contributed by atoms with van der Waals surface area (Å²) in [5, 5.41) is 2.64. The van der Waals surface area contributed by atoms with Crippen LogP contribution in [0.2, 0.25) is 0 Å². The number of esters is 1. The van der Waals surface area contributed by atoms with Crippen molar-refractivity contribution in [2.45, 2.75) is 13.0 Å². The number of fused-ring (bicyclic) bond motifs is 1. The van der Waals surface area contributed by atoms with Crippen molar-refractivity contribution in [1.82, 2.24) is 0 Å². The maximum absolute atomic E-state index is 12.1. The Morgan fingerprint density at radius 1 is 1.09 bits per heavy atom. The maximum atomic E-state index is 12.1. The van der Waals surface area contributed by atoms with Crippen LogP contribution in [-0.4, -0.2) is 24.6 Å². The molecule has 1 heterocycles. The molecule has 2 aromatic carbocycles. The van der Waals surface area contributed by atoms with Gasteiger partial charge in [-0.15, -0.1) is 0 Å². The summed E-state index contributed by atoms with van der Waals surface area (Å²) in [6.07, 6.45) is -0.820. The molecule has 0 radical (unpaired) electrons. The highest BCUT2D eigenvalue weighted by atomic mass is 16.6. The van der Waals surface area contributed by atoms with Crippen LogP contribution in [0.1, 0.15) is 6.92 Å². The van der Waals surface area contributed by atoms with Crippen LogP contribution in [0, 0.1) is 0 Å². The van der Waals surface area contributed by atoms with Crippen molar-refractivity contribution in [3.05, 3.63) is 48.5 Å². The Hall–Kier alpha value is -3.02. The van der Waals surface area contributed by atoms with Crippen molar-refractivity contribution in [2.75, 3.05) is 11.9 Å². The molecule has 0 aromatic heterocycles. The zero-order valence-corrected chi connectivity index (χ0v) is 12.4. The predicted octanol–water partition coefficient (Wildman–Crippen LogP) is 2.39. The van der Waals surface area contributed by atoms with Gasteiger partial charge in [-0.3, -0.25) is 4.79 Å². The van der Waals surface area contributed by atoms with Gasteiger partial charge in [0.15, 0.2) is 11.5 Å². The molecule has 1 aliphatic rings. The third-order valence-corrected chi connectivity index (χ3v) is 3.16. The summed E-state index contributed by atoms with van der Waals surface area (Å²) in [6, 6.07) is 13.6. The number of anilines is 1. The van der Waals surface area contributed by atoms with Gasteiger partial charge in [-0.2, -0.15) is 0 Å². The standard InChI is InChI=1S/C17H15NO5/c1-11(19)18-12-6-8-13(9-7-12)22-17(20)16-10-21-14-4-2-3-5-15(14)23-16/h2-9,16H,10H2,1H3,(H,18,19)/t16-/m0/s1. The summed E-state index contributed by atoms with van der Waals surface area (Å²) in [5.74, 6) is 0.789. The highest BCUT2D eigenvalue weighted by molar-refractivity contribution is 5.88. The Morgan fingerprint density at radius 3 is 2.48 bits per heavy atom. The van der Waals surface area contributed by atoms with E-state index in [0.717, 1.165) is 0 Å². The predicted molar refractivity (Wildman–Crippen MR) is 82.7 cm³/mol. The largest absolute Gasteiger partial charge is 0.485 e. The molecule has 1 N–H and O–H groups in total. The fraction of sp³-hybridized carbons (Fsp3) is 0.176. The SMILES string of the molecule is CC(=O)Nc1ccc(OC(=O)[C@@H]2COc3ccccc3O2)cc1. The minimum atomic E-state index is -0.820. The minimum absolute atomic E-state index is 0.0970. The van der Waals surface area contributed by atoms with Crippen LogP contribution in [0.25, 0.3) is 0 Å². The summed E-state index contributed by atoms with van der Waals surface area (Å²) in [4.78, 5) is 23.1. The van der Waals surface area contributed by atoms with E-state index < -0.39 is 12.1 Å². The molecule has 23 heavy (non-hydrogen) atoms. The monoisotopic (exact) mass is 313 g/mol. The summed E-state index contributed by atoms with van der Waals surface area (Å²) in [5.41, 5.74) is 0.628. The van der Waals surface area contributed by atoms with E-state index in [1.54, 1.807) is 42.5 Å². The zero-order valence-electron chi connectivity index (χ0n) is 12.4. The van der Waals surface area contributed by atoms with Gasteiger partial charge in [0.05, 0.1) is 0 Å². The van der Waals surface area contributed by atoms with Crippen LogP contribution in [0.4, 0.5) is 5.69 Å². The van der Waals surface area contributed by atoms with Crippen LogP contribution in [0.5, 0.6) is 17.2 Å². The second kappa shape index (κ2) is 6.39. The fourth-order valence-corrected chi connectivity index (χ4v) is 2.13. The Labute approximate surface area is 133 Å². The van der Waals surface area contributed by atoms with Gasteiger partial charge in [-0.1, -0.05) is 12.1 Å². The smallest absolute Gasteiger partial charge is 0.356 e. The summed E-state index contributed by atoms with van der Waals surface area (Å²) < 4.78 is 16.3. The van der Waals surface area contributed by atoms with E-state index in [9.17, 15) is 9.59 Å². The Kier molecular flexibility index (Phi) is 4.14. The number of benzene rings is 2. The highest BCUT2D eigenvalue weighted by Crippen LogP contribution is 2.31. The lowest BCUT2D eigenvalue weighted by molar-refractivity contribution is -0.144. The molecule has 3 rings (SSSR count). The molecular weight excluding hydrogens is 298 g/mol. The Morgan fingerprint density at radius 2 is 1.78 bits per heavy atom. The van der Waals surface area contributed by atoms with Crippen molar-refractivity contribution in [3.8, 4) is 17.2 Å². The van der Waals surface area contributed by atoms with Crippen LogP contribution in [-0.2, 0) is 9.59 Å². The van der Waals surface area contributed by atoms with Crippen molar-refractivity contribution < 1.29 is 23.8 Å². The molecule has 6 nitrogen and oxygen atoms in total. The van der Waals surface area contributed by atoms with Crippen LogP contribution in [0.15, 0.2) is 48.5 Å². The van der Waals surface area contributed by atoms with Gasteiger partial charge in [0.25, 0.3) is 0 Å². The quantitative estimate of drug-likeness (QED) is 0.696. The second-order valence-corrected chi connectivity index (χ2v) is 4.99. The molecule has 0 fully saturated rings. The molecule has 1 aliphatic heterocycles. The normalized spacial score (nSPS) is 15.6. The summed E-state index contributed by atoms with van der Waals surface area (Å²) in [7, 11) is 0. The van der Waals surface area contributed by atoms with Crippen molar-refractivity contribution >= 4 is 17.6 Å². The van der Waals surface area contributed by atoms with Gasteiger partial charge in [0, 0.05) is 12.6 Å².